The third-order valence-electron chi connectivity index (χ3n) is 6.93. The zero-order valence-electron chi connectivity index (χ0n) is 29.3. The van der Waals surface area contributed by atoms with E-state index >= 15 is 0 Å². The first kappa shape index (κ1) is 40.6. The third kappa shape index (κ3) is 28.7. The van der Waals surface area contributed by atoms with Gasteiger partial charge in [0.05, 0.1) is 24.4 Å². The van der Waals surface area contributed by atoms with Crippen molar-refractivity contribution in [1.82, 2.24) is 0 Å². The van der Waals surface area contributed by atoms with Crippen molar-refractivity contribution in [2.75, 3.05) is 13.2 Å². The molecule has 0 aliphatic carbocycles. The molecule has 0 aliphatic rings. The highest BCUT2D eigenvalue weighted by molar-refractivity contribution is 5.70. The third-order valence-corrected chi connectivity index (χ3v) is 6.93. The molecular formula is C36H68O6. The lowest BCUT2D eigenvalue weighted by Crippen LogP contribution is -2.31. The summed E-state index contributed by atoms with van der Waals surface area (Å²) in [6.45, 7) is 21.2. The molecule has 0 aromatic heterocycles. The number of carbonyl (C=O) groups is 2. The molecule has 0 atom stereocenters. The van der Waals surface area contributed by atoms with Crippen LogP contribution in [0.2, 0.25) is 0 Å². The number of hydrogen-bond donors (Lipinski definition) is 0. The first-order valence-electron chi connectivity index (χ1n) is 16.8. The Kier molecular flexibility index (Phi) is 20.6. The maximum Gasteiger partial charge on any atom is 0.306 e. The minimum absolute atomic E-state index is 0.0985. The highest BCUT2D eigenvalue weighted by Gasteiger charge is 2.25. The van der Waals surface area contributed by atoms with Crippen LogP contribution in [0.3, 0.4) is 0 Å². The van der Waals surface area contributed by atoms with Crippen LogP contribution in [0, 0.1) is 0 Å². The first-order chi connectivity index (χ1) is 19.4. The van der Waals surface area contributed by atoms with Crippen molar-refractivity contribution in [3.05, 3.63) is 12.2 Å². The Bertz CT molecular complexity index is 677. The Labute approximate surface area is 260 Å². The molecule has 6 heteroatoms. The van der Waals surface area contributed by atoms with Crippen LogP contribution in [0.5, 0.6) is 0 Å². The number of unbranched alkanes of at least 4 members (excludes halogenated alkanes) is 10. The van der Waals surface area contributed by atoms with Crippen LogP contribution in [-0.4, -0.2) is 47.6 Å². The average Bonchev–Trinajstić information content (AvgIpc) is 2.81. The molecule has 0 aromatic carbocycles. The lowest BCUT2D eigenvalue weighted by Gasteiger charge is -2.27. The molecular weight excluding hydrogens is 528 g/mol. The zero-order chi connectivity index (χ0) is 32.1. The normalized spacial score (nSPS) is 13.1. The van der Waals surface area contributed by atoms with Gasteiger partial charge in [0.25, 0.3) is 0 Å². The molecule has 0 unspecified atom stereocenters. The molecule has 0 aliphatic heterocycles. The molecule has 0 aromatic rings. The Morgan fingerprint density at radius 3 is 1.12 bits per heavy atom. The minimum atomic E-state index is -0.482. The lowest BCUT2D eigenvalue weighted by molar-refractivity contribution is -0.160. The topological polar surface area (TPSA) is 71.1 Å². The lowest BCUT2D eigenvalue weighted by atomic mass is 10.0. The van der Waals surface area contributed by atoms with Crippen molar-refractivity contribution in [3.8, 4) is 0 Å². The van der Waals surface area contributed by atoms with E-state index in [1.54, 1.807) is 0 Å². The molecule has 0 saturated heterocycles. The first-order valence-corrected chi connectivity index (χ1v) is 16.8. The van der Waals surface area contributed by atoms with Gasteiger partial charge in [-0.3, -0.25) is 9.59 Å². The molecule has 0 radical (unpaired) electrons. The molecule has 0 amide bonds. The van der Waals surface area contributed by atoms with Gasteiger partial charge in [-0.15, -0.1) is 0 Å². The Morgan fingerprint density at radius 1 is 0.476 bits per heavy atom. The second kappa shape index (κ2) is 21.3. The van der Waals surface area contributed by atoms with Crippen molar-refractivity contribution < 1.29 is 28.5 Å². The molecule has 0 heterocycles. The summed E-state index contributed by atoms with van der Waals surface area (Å²) in [5.41, 5.74) is -1.30. The molecule has 6 nitrogen and oxygen atoms in total. The second-order valence-electron chi connectivity index (χ2n) is 15.0. The molecule has 0 spiro atoms. The molecule has 42 heavy (non-hydrogen) atoms. The molecule has 0 saturated carbocycles. The number of hydrogen-bond acceptors (Lipinski definition) is 6. The van der Waals surface area contributed by atoms with E-state index in [9.17, 15) is 9.59 Å². The van der Waals surface area contributed by atoms with Crippen LogP contribution in [-0.2, 0) is 28.5 Å². The molecule has 0 fully saturated rings. The van der Waals surface area contributed by atoms with E-state index in [1.807, 2.05) is 69.2 Å². The van der Waals surface area contributed by atoms with Crippen molar-refractivity contribution in [3.63, 3.8) is 0 Å². The summed E-state index contributed by atoms with van der Waals surface area (Å²) in [4.78, 5) is 24.4. The maximum absolute atomic E-state index is 12.2. The van der Waals surface area contributed by atoms with Gasteiger partial charge in [0.1, 0.15) is 11.2 Å². The van der Waals surface area contributed by atoms with Crippen molar-refractivity contribution in [1.29, 1.82) is 0 Å². The number of rotatable bonds is 24. The Morgan fingerprint density at radius 2 is 0.786 bits per heavy atom. The summed E-state index contributed by atoms with van der Waals surface area (Å²) in [6.07, 6.45) is 20.4. The van der Waals surface area contributed by atoms with Gasteiger partial charge in [0.2, 0.25) is 0 Å². The van der Waals surface area contributed by atoms with E-state index in [0.29, 0.717) is 38.9 Å². The second-order valence-corrected chi connectivity index (χ2v) is 15.0. The van der Waals surface area contributed by atoms with Gasteiger partial charge in [0, 0.05) is 25.7 Å². The van der Waals surface area contributed by atoms with Crippen LogP contribution in [0.25, 0.3) is 0 Å². The predicted octanol–water partition coefficient (Wildman–Crippen LogP) is 10.1. The average molecular weight is 597 g/mol. The van der Waals surface area contributed by atoms with Gasteiger partial charge < -0.3 is 18.9 Å². The number of ether oxygens (including phenoxy) is 4. The SMILES string of the molecule is CC(C)(C)OCCC(C)(C)OC(=O)CCCCCCCC=CCCCCCCCC(=O)OC(C)(C)CCOC(C)(C)C. The number of esters is 2. The number of allylic oxidation sites excluding steroid dienone is 2. The van der Waals surface area contributed by atoms with Gasteiger partial charge in [-0.25, -0.2) is 0 Å². The summed E-state index contributed by atoms with van der Waals surface area (Å²) in [5, 5.41) is 0. The van der Waals surface area contributed by atoms with Crippen LogP contribution in [0.1, 0.15) is 172 Å². The highest BCUT2D eigenvalue weighted by Crippen LogP contribution is 2.20. The number of carbonyl (C=O) groups excluding carboxylic acids is 2. The summed E-state index contributed by atoms with van der Waals surface area (Å²) in [7, 11) is 0. The fourth-order valence-corrected chi connectivity index (χ4v) is 4.39. The van der Waals surface area contributed by atoms with E-state index < -0.39 is 11.2 Å². The monoisotopic (exact) mass is 597 g/mol. The quantitative estimate of drug-likeness (QED) is 0.0627. The smallest absolute Gasteiger partial charge is 0.306 e. The van der Waals surface area contributed by atoms with E-state index in [2.05, 4.69) is 12.2 Å². The summed E-state index contributed by atoms with van der Waals surface area (Å²) in [5.74, 6) is -0.197. The van der Waals surface area contributed by atoms with Crippen LogP contribution >= 0.6 is 0 Å². The van der Waals surface area contributed by atoms with Crippen LogP contribution in [0.4, 0.5) is 0 Å². The van der Waals surface area contributed by atoms with E-state index in [4.69, 9.17) is 18.9 Å². The molecule has 0 bridgehead atoms. The molecule has 0 N–H and O–H groups in total. The van der Waals surface area contributed by atoms with Crippen LogP contribution < -0.4 is 0 Å². The van der Waals surface area contributed by atoms with Crippen LogP contribution in [0.15, 0.2) is 12.2 Å². The fraction of sp³-hybridized carbons (Fsp3) is 0.889. The minimum Gasteiger partial charge on any atom is -0.460 e. The zero-order valence-corrected chi connectivity index (χ0v) is 29.3. The van der Waals surface area contributed by atoms with E-state index in [0.717, 1.165) is 38.5 Å². The summed E-state index contributed by atoms with van der Waals surface area (Å²) >= 11 is 0. The Hall–Kier alpha value is -1.40. The van der Waals surface area contributed by atoms with Gasteiger partial charge >= 0.3 is 11.9 Å². The van der Waals surface area contributed by atoms with Gasteiger partial charge in [-0.2, -0.15) is 0 Å². The van der Waals surface area contributed by atoms with Gasteiger partial charge in [-0.1, -0.05) is 50.7 Å². The Balaban J connectivity index is 3.62. The molecule has 248 valence electrons. The van der Waals surface area contributed by atoms with Gasteiger partial charge in [0.15, 0.2) is 0 Å². The van der Waals surface area contributed by atoms with E-state index in [1.165, 1.54) is 38.5 Å². The van der Waals surface area contributed by atoms with E-state index in [-0.39, 0.29) is 23.1 Å². The van der Waals surface area contributed by atoms with Gasteiger partial charge in [-0.05, 0) is 108 Å². The largest absolute Gasteiger partial charge is 0.460 e. The summed E-state index contributed by atoms with van der Waals surface area (Å²) < 4.78 is 22.8. The highest BCUT2D eigenvalue weighted by atomic mass is 16.6. The summed E-state index contributed by atoms with van der Waals surface area (Å²) in [6, 6.07) is 0. The molecule has 0 rings (SSSR count). The predicted molar refractivity (Wildman–Crippen MR) is 175 cm³/mol. The maximum atomic E-state index is 12.2. The fourth-order valence-electron chi connectivity index (χ4n) is 4.39. The van der Waals surface area contributed by atoms with Crippen molar-refractivity contribution in [2.45, 2.75) is 194 Å². The van der Waals surface area contributed by atoms with Crippen molar-refractivity contribution in [2.24, 2.45) is 0 Å². The standard InChI is InChI=1S/C36H68O6/c1-33(2,3)39-29-27-35(7,8)41-31(37)25-23-21-19-17-15-13-11-12-14-16-18-20-22-24-26-32(38)42-36(9,10)28-30-40-34(4,5)6/h11-12H,13-30H2,1-10H3. The van der Waals surface area contributed by atoms with Crippen molar-refractivity contribution >= 4 is 11.9 Å².